The Bertz CT molecular complexity index is 1030. The lowest BCUT2D eigenvalue weighted by Crippen LogP contribution is -2.31. The summed E-state index contributed by atoms with van der Waals surface area (Å²) < 4.78 is 5.36. The number of carbonyl (C=O) groups is 4. The first-order valence-electron chi connectivity index (χ1n) is 10.6. The second kappa shape index (κ2) is 8.46. The van der Waals surface area contributed by atoms with Crippen LogP contribution in [0.25, 0.3) is 0 Å². The third-order valence-electron chi connectivity index (χ3n) is 6.24. The molecule has 6 heteroatoms. The van der Waals surface area contributed by atoms with Crippen LogP contribution in [-0.4, -0.2) is 29.7 Å². The van der Waals surface area contributed by atoms with Crippen LogP contribution in [0.4, 0.5) is 5.69 Å². The maximum absolute atomic E-state index is 12.9. The van der Waals surface area contributed by atoms with Crippen molar-refractivity contribution >= 4 is 29.3 Å². The second-order valence-corrected chi connectivity index (χ2v) is 8.47. The van der Waals surface area contributed by atoms with E-state index in [-0.39, 0.29) is 35.0 Å². The van der Waals surface area contributed by atoms with Crippen LogP contribution in [-0.2, 0) is 14.3 Å². The van der Waals surface area contributed by atoms with Gasteiger partial charge in [0.15, 0.2) is 6.10 Å². The Morgan fingerprint density at radius 3 is 2.35 bits per heavy atom. The third-order valence-corrected chi connectivity index (χ3v) is 6.24. The van der Waals surface area contributed by atoms with E-state index in [0.29, 0.717) is 30.0 Å². The topological polar surface area (TPSA) is 80.8 Å². The molecule has 2 aromatic rings. The number of hydrogen-bond donors (Lipinski definition) is 0. The van der Waals surface area contributed by atoms with E-state index in [1.165, 1.54) is 17.9 Å². The summed E-state index contributed by atoms with van der Waals surface area (Å²) in [4.78, 5) is 52.2. The number of fused-ring (bicyclic) bond motifs is 1. The fourth-order valence-corrected chi connectivity index (χ4v) is 4.54. The lowest BCUT2D eigenvalue weighted by atomic mass is 9.76. The number of anilines is 1. The highest BCUT2D eigenvalue weighted by atomic mass is 16.5. The Kier molecular flexibility index (Phi) is 5.72. The van der Waals surface area contributed by atoms with Gasteiger partial charge in [-0.05, 0) is 50.3 Å². The molecule has 1 saturated carbocycles. The minimum absolute atomic E-state index is 0.189. The number of hydrogen-bond acceptors (Lipinski definition) is 5. The summed E-state index contributed by atoms with van der Waals surface area (Å²) in [5.74, 6) is -1.50. The highest BCUT2D eigenvalue weighted by Crippen LogP contribution is 2.42. The van der Waals surface area contributed by atoms with Crippen molar-refractivity contribution in [2.45, 2.75) is 39.2 Å². The van der Waals surface area contributed by atoms with Crippen LogP contribution in [0.15, 0.2) is 54.6 Å². The molecule has 0 unspecified atom stereocenters. The van der Waals surface area contributed by atoms with Crippen LogP contribution in [0.1, 0.15) is 53.8 Å². The minimum atomic E-state index is -0.960. The summed E-state index contributed by atoms with van der Waals surface area (Å²) >= 11 is 0. The number of ether oxygens (including phenoxy) is 1. The molecule has 2 aliphatic rings. The summed E-state index contributed by atoms with van der Waals surface area (Å²) in [5.41, 5.74) is 1.02. The Labute approximate surface area is 181 Å². The van der Waals surface area contributed by atoms with Gasteiger partial charge in [0.25, 0.3) is 0 Å². The molecule has 0 bridgehead atoms. The molecule has 2 fully saturated rings. The standard InChI is InChI=1S/C25H25NO5/c1-15-11-12-20-21(13-15)24(29)26(23(20)28)19-10-6-9-18(14-19)25(30)31-16(2)22(27)17-7-4-3-5-8-17/h3-10,14-16,20-21H,11-13H2,1-2H3/t15-,16-,20+,21+/m1/s1. The second-order valence-electron chi connectivity index (χ2n) is 8.47. The molecule has 1 aliphatic carbocycles. The van der Waals surface area contributed by atoms with Gasteiger partial charge in [-0.1, -0.05) is 43.3 Å². The summed E-state index contributed by atoms with van der Waals surface area (Å²) in [7, 11) is 0. The molecular formula is C25H25NO5. The first kappa shape index (κ1) is 21.0. The fraction of sp³-hybridized carbons (Fsp3) is 0.360. The van der Waals surface area contributed by atoms with Crippen LogP contribution < -0.4 is 4.90 Å². The number of esters is 1. The van der Waals surface area contributed by atoms with Crippen molar-refractivity contribution in [2.75, 3.05) is 4.90 Å². The van der Waals surface area contributed by atoms with Crippen molar-refractivity contribution in [2.24, 2.45) is 17.8 Å². The smallest absolute Gasteiger partial charge is 0.338 e. The van der Waals surface area contributed by atoms with E-state index >= 15 is 0 Å². The van der Waals surface area contributed by atoms with Crippen molar-refractivity contribution in [1.82, 2.24) is 0 Å². The zero-order valence-electron chi connectivity index (χ0n) is 17.6. The molecular weight excluding hydrogens is 394 g/mol. The van der Waals surface area contributed by atoms with Gasteiger partial charge in [0.05, 0.1) is 23.1 Å². The number of carbonyl (C=O) groups excluding carboxylic acids is 4. The SMILES string of the molecule is C[C@@H]1CC[C@@H]2C(=O)N(c3cccc(C(=O)O[C@H](C)C(=O)c4ccccc4)c3)C(=O)[C@H]2C1. The number of Topliss-reactive ketones (excluding diaryl/α,β-unsaturated/α-hetero) is 1. The van der Waals surface area contributed by atoms with Crippen LogP contribution in [0.2, 0.25) is 0 Å². The van der Waals surface area contributed by atoms with Crippen molar-refractivity contribution < 1.29 is 23.9 Å². The van der Waals surface area contributed by atoms with Crippen LogP contribution in [0.3, 0.4) is 0 Å². The maximum atomic E-state index is 12.9. The van der Waals surface area contributed by atoms with E-state index in [4.69, 9.17) is 4.74 Å². The molecule has 0 radical (unpaired) electrons. The molecule has 2 aromatic carbocycles. The molecule has 4 atom stereocenters. The first-order valence-corrected chi connectivity index (χ1v) is 10.6. The van der Waals surface area contributed by atoms with Gasteiger partial charge in [-0.25, -0.2) is 4.79 Å². The van der Waals surface area contributed by atoms with Crippen LogP contribution in [0.5, 0.6) is 0 Å². The van der Waals surface area contributed by atoms with Gasteiger partial charge in [0.1, 0.15) is 0 Å². The highest BCUT2D eigenvalue weighted by molar-refractivity contribution is 6.22. The van der Waals surface area contributed by atoms with E-state index in [2.05, 4.69) is 6.92 Å². The van der Waals surface area contributed by atoms with E-state index in [9.17, 15) is 19.2 Å². The molecule has 0 spiro atoms. The minimum Gasteiger partial charge on any atom is -0.451 e. The number of ketones is 1. The average molecular weight is 419 g/mol. The summed E-state index contributed by atoms with van der Waals surface area (Å²) in [5, 5.41) is 0. The molecule has 2 amide bonds. The van der Waals surface area contributed by atoms with Crippen molar-refractivity contribution in [3.63, 3.8) is 0 Å². The molecule has 1 heterocycles. The van der Waals surface area contributed by atoms with Gasteiger partial charge in [0.2, 0.25) is 17.6 Å². The van der Waals surface area contributed by atoms with Crippen molar-refractivity contribution in [3.05, 3.63) is 65.7 Å². The summed E-state index contributed by atoms with van der Waals surface area (Å²) in [6.45, 7) is 3.63. The monoisotopic (exact) mass is 419 g/mol. The van der Waals surface area contributed by atoms with Gasteiger partial charge >= 0.3 is 5.97 Å². The Hall–Kier alpha value is -3.28. The average Bonchev–Trinajstić information content (AvgIpc) is 3.03. The van der Waals surface area contributed by atoms with Gasteiger partial charge in [-0.2, -0.15) is 0 Å². The van der Waals surface area contributed by atoms with Gasteiger partial charge in [0, 0.05) is 5.56 Å². The zero-order valence-corrected chi connectivity index (χ0v) is 17.6. The third kappa shape index (κ3) is 4.02. The number of amides is 2. The largest absolute Gasteiger partial charge is 0.451 e. The molecule has 0 aromatic heterocycles. The van der Waals surface area contributed by atoms with Gasteiger partial charge in [-0.15, -0.1) is 0 Å². The summed E-state index contributed by atoms with van der Waals surface area (Å²) in [6, 6.07) is 14.9. The molecule has 31 heavy (non-hydrogen) atoms. The number of benzene rings is 2. The Morgan fingerprint density at radius 2 is 1.61 bits per heavy atom. The molecule has 1 saturated heterocycles. The highest BCUT2D eigenvalue weighted by Gasteiger charge is 2.50. The maximum Gasteiger partial charge on any atom is 0.338 e. The fourth-order valence-electron chi connectivity index (χ4n) is 4.54. The van der Waals surface area contributed by atoms with E-state index in [0.717, 1.165) is 6.42 Å². The van der Waals surface area contributed by atoms with Gasteiger partial charge < -0.3 is 4.74 Å². The number of rotatable bonds is 5. The number of imide groups is 1. The van der Waals surface area contributed by atoms with E-state index < -0.39 is 12.1 Å². The molecule has 0 N–H and O–H groups in total. The lowest BCUT2D eigenvalue weighted by molar-refractivity contribution is -0.122. The Balaban J connectivity index is 1.50. The number of nitrogens with zero attached hydrogens (tertiary/aromatic N) is 1. The van der Waals surface area contributed by atoms with E-state index in [1.807, 2.05) is 0 Å². The molecule has 6 nitrogen and oxygen atoms in total. The van der Waals surface area contributed by atoms with Crippen LogP contribution >= 0.6 is 0 Å². The predicted octanol–water partition coefficient (Wildman–Crippen LogP) is 4.04. The van der Waals surface area contributed by atoms with Crippen molar-refractivity contribution in [1.29, 1.82) is 0 Å². The van der Waals surface area contributed by atoms with Gasteiger partial charge in [-0.3, -0.25) is 19.3 Å². The van der Waals surface area contributed by atoms with Crippen molar-refractivity contribution in [3.8, 4) is 0 Å². The molecule has 1 aliphatic heterocycles. The Morgan fingerprint density at radius 1 is 0.935 bits per heavy atom. The zero-order chi connectivity index (χ0) is 22.1. The molecule has 160 valence electrons. The quantitative estimate of drug-likeness (QED) is 0.415. The summed E-state index contributed by atoms with van der Waals surface area (Å²) in [6.07, 6.45) is 1.41. The first-order chi connectivity index (χ1) is 14.9. The molecule has 4 rings (SSSR count). The van der Waals surface area contributed by atoms with Crippen LogP contribution in [0, 0.1) is 17.8 Å². The normalized spacial score (nSPS) is 23.9. The lowest BCUT2D eigenvalue weighted by Gasteiger charge is -2.25. The predicted molar refractivity (Wildman–Crippen MR) is 115 cm³/mol. The van der Waals surface area contributed by atoms with E-state index in [1.54, 1.807) is 48.5 Å².